The lowest BCUT2D eigenvalue weighted by Gasteiger charge is -2.38. The largest absolute Gasteiger partial charge is 0.634 e. The molecule has 1 N–H and O–H groups in total. The predicted octanol–water partition coefficient (Wildman–Crippen LogP) is 1.29. The first kappa shape index (κ1) is 16.4. The Balaban J connectivity index is 1.99. The molecule has 6 heteroatoms. The number of hydroxylamine groups is 2. The second kappa shape index (κ2) is 5.03. The molecule has 0 aliphatic carbocycles. The lowest BCUT2D eigenvalue weighted by atomic mass is 10.1. The fourth-order valence-corrected chi connectivity index (χ4v) is 3.63. The van der Waals surface area contributed by atoms with Crippen molar-refractivity contribution >= 4 is 8.32 Å². The molecule has 20 heavy (non-hydrogen) atoms. The molecular weight excluding hydrogens is 274 g/mol. The molecule has 4 atom stereocenters. The van der Waals surface area contributed by atoms with E-state index in [0.717, 1.165) is 0 Å². The summed E-state index contributed by atoms with van der Waals surface area (Å²) in [5.41, 5.74) is 0. The average Bonchev–Trinajstić information content (AvgIpc) is 2.64. The Morgan fingerprint density at radius 3 is 2.45 bits per heavy atom. The summed E-state index contributed by atoms with van der Waals surface area (Å²) >= 11 is 0. The van der Waals surface area contributed by atoms with Gasteiger partial charge < -0.3 is 24.2 Å². The van der Waals surface area contributed by atoms with Crippen LogP contribution < -0.4 is 5.06 Å². The number of rotatable bonds is 3. The zero-order chi connectivity index (χ0) is 15.3. The first-order chi connectivity index (χ1) is 8.93. The molecule has 2 saturated heterocycles. The van der Waals surface area contributed by atoms with Gasteiger partial charge in [0.1, 0.15) is 24.8 Å². The summed E-state index contributed by atoms with van der Waals surface area (Å²) < 4.78 is 17.9. The van der Waals surface area contributed by atoms with E-state index in [9.17, 15) is 5.21 Å². The van der Waals surface area contributed by atoms with Crippen LogP contribution in [0.1, 0.15) is 34.6 Å². The fraction of sp³-hybridized carbons (Fsp3) is 1.00. The number of quaternary nitrogens is 1. The number of hydrogen-bond acceptors (Lipinski definition) is 4. The van der Waals surface area contributed by atoms with Crippen molar-refractivity contribution in [3.8, 4) is 0 Å². The van der Waals surface area contributed by atoms with Gasteiger partial charge >= 0.3 is 0 Å². The van der Waals surface area contributed by atoms with Crippen LogP contribution in [0.25, 0.3) is 0 Å². The van der Waals surface area contributed by atoms with Crippen LogP contribution in [-0.4, -0.2) is 45.5 Å². The monoisotopic (exact) mass is 303 g/mol. The Labute approximate surface area is 123 Å². The van der Waals surface area contributed by atoms with Crippen LogP contribution in [0.5, 0.6) is 0 Å². The minimum Gasteiger partial charge on any atom is -0.634 e. The van der Waals surface area contributed by atoms with E-state index in [0.29, 0.717) is 13.2 Å². The summed E-state index contributed by atoms with van der Waals surface area (Å²) in [5.74, 6) is -0.578. The van der Waals surface area contributed by atoms with E-state index in [1.54, 1.807) is 0 Å². The summed E-state index contributed by atoms with van der Waals surface area (Å²) in [5, 5.41) is 12.5. The van der Waals surface area contributed by atoms with Crippen LogP contribution in [-0.2, 0) is 13.9 Å². The molecule has 0 amide bonds. The number of fused-ring (bicyclic) bond motifs is 1. The predicted molar refractivity (Wildman–Crippen MR) is 80.0 cm³/mol. The van der Waals surface area contributed by atoms with Crippen LogP contribution in [0.15, 0.2) is 0 Å². The van der Waals surface area contributed by atoms with E-state index in [-0.39, 0.29) is 28.4 Å². The summed E-state index contributed by atoms with van der Waals surface area (Å²) in [7, 11) is -1.83. The van der Waals surface area contributed by atoms with Crippen LogP contribution in [0.4, 0.5) is 0 Å². The van der Waals surface area contributed by atoms with Crippen molar-refractivity contribution in [3.05, 3.63) is 5.21 Å². The summed E-state index contributed by atoms with van der Waals surface area (Å²) in [4.78, 5) is 0. The lowest BCUT2D eigenvalue weighted by Crippen LogP contribution is -3.10. The SMILES string of the molecule is CC1(C)O[C@H]2[C@H](C[NH+]([O-])[C@@H]2CO[Si](C)(C)C(C)(C)C)O1. The van der Waals surface area contributed by atoms with Gasteiger partial charge in [-0.15, -0.1) is 0 Å². The molecule has 2 aliphatic rings. The maximum absolute atomic E-state index is 12.1. The third kappa shape index (κ3) is 3.10. The maximum atomic E-state index is 12.1. The van der Waals surface area contributed by atoms with Crippen LogP contribution in [0.2, 0.25) is 18.1 Å². The highest BCUT2D eigenvalue weighted by molar-refractivity contribution is 6.74. The van der Waals surface area contributed by atoms with Crippen molar-refractivity contribution < 1.29 is 19.0 Å². The first-order valence-electron chi connectivity index (χ1n) is 7.45. The second-order valence-corrected chi connectivity index (χ2v) is 12.8. The highest BCUT2D eigenvalue weighted by Gasteiger charge is 2.54. The van der Waals surface area contributed by atoms with Gasteiger partial charge in [0.25, 0.3) is 0 Å². The Bertz CT molecular complexity index is 367. The molecule has 2 fully saturated rings. The molecule has 0 aromatic rings. The van der Waals surface area contributed by atoms with Crippen LogP contribution in [0, 0.1) is 5.21 Å². The van der Waals surface area contributed by atoms with E-state index in [1.807, 2.05) is 13.8 Å². The highest BCUT2D eigenvalue weighted by Crippen LogP contribution is 2.37. The van der Waals surface area contributed by atoms with E-state index >= 15 is 0 Å². The molecule has 5 nitrogen and oxygen atoms in total. The average molecular weight is 303 g/mol. The minimum absolute atomic E-state index is 0.0921. The number of ether oxygens (including phenoxy) is 2. The molecule has 1 unspecified atom stereocenters. The lowest BCUT2D eigenvalue weighted by molar-refractivity contribution is -0.866. The molecule has 0 aromatic heterocycles. The molecule has 0 aromatic carbocycles. The smallest absolute Gasteiger partial charge is 0.192 e. The Morgan fingerprint density at radius 2 is 1.90 bits per heavy atom. The Morgan fingerprint density at radius 1 is 1.30 bits per heavy atom. The van der Waals surface area contributed by atoms with Crippen molar-refractivity contribution in [2.45, 2.75) is 76.8 Å². The summed E-state index contributed by atoms with van der Waals surface area (Å²) in [6.07, 6.45) is -0.229. The van der Waals surface area contributed by atoms with E-state index < -0.39 is 14.1 Å². The van der Waals surface area contributed by atoms with Gasteiger partial charge in [0.15, 0.2) is 14.1 Å². The first-order valence-corrected chi connectivity index (χ1v) is 10.4. The normalized spacial score (nSPS) is 37.2. The molecule has 2 rings (SSSR count). The fourth-order valence-electron chi connectivity index (χ4n) is 2.60. The van der Waals surface area contributed by atoms with Crippen molar-refractivity contribution in [2.24, 2.45) is 0 Å². The highest BCUT2D eigenvalue weighted by atomic mass is 28.4. The van der Waals surface area contributed by atoms with Gasteiger partial charge in [-0.05, 0) is 32.0 Å². The topological polar surface area (TPSA) is 55.2 Å². The summed E-state index contributed by atoms with van der Waals surface area (Å²) in [6, 6.07) is -0.170. The van der Waals surface area contributed by atoms with Crippen molar-refractivity contribution in [1.29, 1.82) is 0 Å². The summed E-state index contributed by atoms with van der Waals surface area (Å²) in [6.45, 7) is 15.8. The molecule has 0 saturated carbocycles. The van der Waals surface area contributed by atoms with E-state index in [1.165, 1.54) is 0 Å². The van der Waals surface area contributed by atoms with E-state index in [2.05, 4.69) is 33.9 Å². The minimum atomic E-state index is -1.83. The maximum Gasteiger partial charge on any atom is 0.192 e. The van der Waals surface area contributed by atoms with Gasteiger partial charge in [0.2, 0.25) is 0 Å². The standard InChI is InChI=1S/C14H29NO4Si/c1-13(2,3)20(6,7)17-9-10-12-11(8-15(10)16)18-14(4,5)19-12/h10-12,15H,8-9H2,1-7H3/t10-,11+,12-/m1/s1. The Hall–Kier alpha value is 0.0169. The van der Waals surface area contributed by atoms with Gasteiger partial charge in [-0.25, -0.2) is 0 Å². The van der Waals surface area contributed by atoms with Crippen LogP contribution >= 0.6 is 0 Å². The molecule has 0 radical (unpaired) electrons. The second-order valence-electron chi connectivity index (χ2n) is 7.99. The molecule has 2 heterocycles. The third-order valence-electron chi connectivity index (χ3n) is 4.86. The molecular formula is C14H29NO4Si. The molecule has 0 spiro atoms. The quantitative estimate of drug-likeness (QED) is 0.630. The molecule has 0 bridgehead atoms. The zero-order valence-corrected chi connectivity index (χ0v) is 14.8. The van der Waals surface area contributed by atoms with Crippen molar-refractivity contribution in [2.75, 3.05) is 13.2 Å². The van der Waals surface area contributed by atoms with E-state index in [4.69, 9.17) is 13.9 Å². The molecule has 118 valence electrons. The van der Waals surface area contributed by atoms with Gasteiger partial charge in [-0.1, -0.05) is 20.8 Å². The third-order valence-corrected chi connectivity index (χ3v) is 9.36. The van der Waals surface area contributed by atoms with Gasteiger partial charge in [-0.2, -0.15) is 0 Å². The van der Waals surface area contributed by atoms with Gasteiger partial charge in [0, 0.05) is 0 Å². The molecule has 2 aliphatic heterocycles. The number of nitrogens with one attached hydrogen (secondary N) is 1. The zero-order valence-electron chi connectivity index (χ0n) is 13.8. The number of hydrogen-bond donors (Lipinski definition) is 1. The van der Waals surface area contributed by atoms with Gasteiger partial charge in [0.05, 0.1) is 6.61 Å². The van der Waals surface area contributed by atoms with Crippen molar-refractivity contribution in [3.63, 3.8) is 0 Å². The van der Waals surface area contributed by atoms with Crippen molar-refractivity contribution in [1.82, 2.24) is 0 Å². The van der Waals surface area contributed by atoms with Crippen LogP contribution in [0.3, 0.4) is 0 Å². The Kier molecular flexibility index (Phi) is 4.13. The van der Waals surface area contributed by atoms with Gasteiger partial charge in [-0.3, -0.25) is 0 Å².